The number of carbonyl (C=O) groups is 1. The fourth-order valence-electron chi connectivity index (χ4n) is 4.36. The molecule has 3 aromatic rings. The number of ether oxygens (including phenoxy) is 1. The number of hydrogen-bond donors (Lipinski definition) is 1. The predicted octanol–water partition coefficient (Wildman–Crippen LogP) is 5.67. The molecule has 0 aliphatic heterocycles. The van der Waals surface area contributed by atoms with Gasteiger partial charge in [0, 0.05) is 34.0 Å². The van der Waals surface area contributed by atoms with Gasteiger partial charge in [0.2, 0.25) is 0 Å². The van der Waals surface area contributed by atoms with E-state index in [1.807, 2.05) is 6.07 Å². The summed E-state index contributed by atoms with van der Waals surface area (Å²) in [6.45, 7) is 2.96. The topological polar surface area (TPSA) is 51.5 Å². The van der Waals surface area contributed by atoms with Crippen LogP contribution in [0.2, 0.25) is 0 Å². The van der Waals surface area contributed by atoms with E-state index in [0.29, 0.717) is 6.42 Å². The van der Waals surface area contributed by atoms with Gasteiger partial charge in [-0.05, 0) is 73.1 Å². The van der Waals surface area contributed by atoms with Crippen molar-refractivity contribution in [3.8, 4) is 5.75 Å². The first-order valence-electron chi connectivity index (χ1n) is 9.57. The Morgan fingerprint density at radius 2 is 1.93 bits per heavy atom. The van der Waals surface area contributed by atoms with Crippen molar-refractivity contribution >= 4 is 32.8 Å². The third-order valence-electron chi connectivity index (χ3n) is 5.99. The van der Waals surface area contributed by atoms with E-state index in [0.717, 1.165) is 29.6 Å². The highest BCUT2D eigenvalue weighted by Gasteiger charge is 2.47. The van der Waals surface area contributed by atoms with Crippen LogP contribution in [0.3, 0.4) is 0 Å². The quantitative estimate of drug-likeness (QED) is 0.513. The highest BCUT2D eigenvalue weighted by atomic mass is 79.9. The van der Waals surface area contributed by atoms with Crippen LogP contribution in [0.15, 0.2) is 46.9 Å². The highest BCUT2D eigenvalue weighted by Crippen LogP contribution is 2.55. The Morgan fingerprint density at radius 3 is 2.54 bits per heavy atom. The van der Waals surface area contributed by atoms with Gasteiger partial charge in [0.25, 0.3) is 0 Å². The van der Waals surface area contributed by atoms with Gasteiger partial charge in [0.1, 0.15) is 5.75 Å². The molecule has 2 aromatic carbocycles. The molecule has 146 valence electrons. The summed E-state index contributed by atoms with van der Waals surface area (Å²) in [4.78, 5) is 11.2. The van der Waals surface area contributed by atoms with Crippen LogP contribution in [-0.2, 0) is 16.8 Å². The molecule has 1 fully saturated rings. The first-order chi connectivity index (χ1) is 13.4. The van der Waals surface area contributed by atoms with Gasteiger partial charge >= 0.3 is 5.97 Å². The number of halogens is 1. The minimum absolute atomic E-state index is 0.0158. The summed E-state index contributed by atoms with van der Waals surface area (Å²) in [5.74, 6) is 0.115. The number of carboxylic acid groups (broad SMARTS) is 1. The van der Waals surface area contributed by atoms with Crippen molar-refractivity contribution in [2.75, 3.05) is 7.11 Å². The molecular formula is C23H24BrNO3. The van der Waals surface area contributed by atoms with Crippen LogP contribution >= 0.6 is 15.9 Å². The zero-order valence-electron chi connectivity index (χ0n) is 16.2. The first kappa shape index (κ1) is 19.1. The van der Waals surface area contributed by atoms with Crippen LogP contribution in [0.5, 0.6) is 5.75 Å². The van der Waals surface area contributed by atoms with Crippen molar-refractivity contribution in [2.24, 2.45) is 0 Å². The molecule has 0 bridgehead atoms. The van der Waals surface area contributed by atoms with Gasteiger partial charge < -0.3 is 14.4 Å². The molecule has 5 heteroatoms. The summed E-state index contributed by atoms with van der Waals surface area (Å²) in [6, 6.07) is 14.6. The monoisotopic (exact) mass is 441 g/mol. The lowest BCUT2D eigenvalue weighted by atomic mass is 9.88. The molecule has 4 rings (SSSR count). The van der Waals surface area contributed by atoms with E-state index in [4.69, 9.17) is 4.74 Å². The van der Waals surface area contributed by atoms with Crippen molar-refractivity contribution in [1.29, 1.82) is 0 Å². The van der Waals surface area contributed by atoms with Crippen molar-refractivity contribution in [2.45, 2.75) is 44.6 Å². The minimum Gasteiger partial charge on any atom is -0.497 e. The van der Waals surface area contributed by atoms with E-state index in [-0.39, 0.29) is 11.8 Å². The van der Waals surface area contributed by atoms with Crippen LogP contribution < -0.4 is 4.74 Å². The summed E-state index contributed by atoms with van der Waals surface area (Å²) >= 11 is 3.50. The number of rotatable bonds is 7. The van der Waals surface area contributed by atoms with Crippen LogP contribution in [0, 0.1) is 6.92 Å². The van der Waals surface area contributed by atoms with Gasteiger partial charge in [-0.2, -0.15) is 0 Å². The zero-order valence-corrected chi connectivity index (χ0v) is 17.8. The standard InChI is InChI=1S/C23H24BrNO3/c1-15-22(23(11-12-23)10-9-21(26)27)19-13-18(28-2)7-8-20(19)25(15)14-16-3-5-17(24)6-4-16/h3-8,13H,9-12,14H2,1-2H3,(H,26,27). The van der Waals surface area contributed by atoms with E-state index in [9.17, 15) is 9.90 Å². The van der Waals surface area contributed by atoms with Gasteiger partial charge in [0.05, 0.1) is 7.11 Å². The maximum Gasteiger partial charge on any atom is 0.303 e. The number of fused-ring (bicyclic) bond motifs is 1. The van der Waals surface area contributed by atoms with Gasteiger partial charge in [0.15, 0.2) is 0 Å². The summed E-state index contributed by atoms with van der Waals surface area (Å²) in [5, 5.41) is 10.4. The second-order valence-electron chi connectivity index (χ2n) is 7.73. The second kappa shape index (κ2) is 7.28. The van der Waals surface area contributed by atoms with E-state index in [2.05, 4.69) is 63.8 Å². The minimum atomic E-state index is -0.722. The molecule has 0 radical (unpaired) electrons. The maximum atomic E-state index is 11.2. The molecule has 1 aliphatic rings. The summed E-state index contributed by atoms with van der Waals surface area (Å²) < 4.78 is 8.91. The maximum absolute atomic E-state index is 11.2. The van der Waals surface area contributed by atoms with Crippen molar-refractivity contribution in [3.05, 3.63) is 63.8 Å². The molecule has 1 aromatic heterocycles. The molecule has 4 nitrogen and oxygen atoms in total. The lowest BCUT2D eigenvalue weighted by Gasteiger charge is -2.16. The Balaban J connectivity index is 1.83. The second-order valence-corrected chi connectivity index (χ2v) is 8.65. The molecule has 0 saturated heterocycles. The smallest absolute Gasteiger partial charge is 0.303 e. The van der Waals surface area contributed by atoms with Crippen LogP contribution in [-0.4, -0.2) is 22.8 Å². The van der Waals surface area contributed by atoms with Gasteiger partial charge in [-0.25, -0.2) is 0 Å². The first-order valence-corrected chi connectivity index (χ1v) is 10.4. The van der Waals surface area contributed by atoms with E-state index >= 15 is 0 Å². The lowest BCUT2D eigenvalue weighted by Crippen LogP contribution is -2.12. The third kappa shape index (κ3) is 3.44. The average molecular weight is 442 g/mol. The highest BCUT2D eigenvalue weighted by molar-refractivity contribution is 9.10. The van der Waals surface area contributed by atoms with E-state index < -0.39 is 5.97 Å². The predicted molar refractivity (Wildman–Crippen MR) is 114 cm³/mol. The number of hydrogen-bond acceptors (Lipinski definition) is 2. The number of carboxylic acids is 1. The summed E-state index contributed by atoms with van der Waals surface area (Å²) in [6.07, 6.45) is 3.01. The van der Waals surface area contributed by atoms with Crippen LogP contribution in [0.1, 0.15) is 42.5 Å². The summed E-state index contributed by atoms with van der Waals surface area (Å²) in [5.41, 5.74) is 4.94. The van der Waals surface area contributed by atoms with Crippen LogP contribution in [0.4, 0.5) is 0 Å². The Labute approximate surface area is 173 Å². The molecule has 1 N–H and O–H groups in total. The Kier molecular flexibility index (Phi) is 4.96. The number of methoxy groups -OCH3 is 1. The Hall–Kier alpha value is -2.27. The molecule has 0 spiro atoms. The molecule has 28 heavy (non-hydrogen) atoms. The largest absolute Gasteiger partial charge is 0.497 e. The zero-order chi connectivity index (χ0) is 19.9. The molecule has 1 heterocycles. The normalized spacial score (nSPS) is 15.0. The number of aromatic nitrogens is 1. The summed E-state index contributed by atoms with van der Waals surface area (Å²) in [7, 11) is 1.68. The number of benzene rings is 2. The number of nitrogens with zero attached hydrogens (tertiary/aromatic N) is 1. The van der Waals surface area contributed by atoms with Gasteiger partial charge in [-0.1, -0.05) is 28.1 Å². The Bertz CT molecular complexity index is 1030. The molecule has 0 amide bonds. The van der Waals surface area contributed by atoms with E-state index in [1.54, 1.807) is 7.11 Å². The molecule has 1 aliphatic carbocycles. The Morgan fingerprint density at radius 1 is 1.21 bits per heavy atom. The molecule has 0 unspecified atom stereocenters. The van der Waals surface area contributed by atoms with Gasteiger partial charge in [-0.3, -0.25) is 4.79 Å². The van der Waals surface area contributed by atoms with Crippen LogP contribution in [0.25, 0.3) is 10.9 Å². The van der Waals surface area contributed by atoms with Crippen molar-refractivity contribution < 1.29 is 14.6 Å². The van der Waals surface area contributed by atoms with Gasteiger partial charge in [-0.15, -0.1) is 0 Å². The van der Waals surface area contributed by atoms with Crippen molar-refractivity contribution in [3.63, 3.8) is 0 Å². The SMILES string of the molecule is COc1ccc2c(c1)c(C1(CCC(=O)O)CC1)c(C)n2Cc1ccc(Br)cc1. The third-order valence-corrected chi connectivity index (χ3v) is 6.51. The fourth-order valence-corrected chi connectivity index (χ4v) is 4.62. The number of aliphatic carboxylic acids is 1. The average Bonchev–Trinajstić information content (AvgIpc) is 3.41. The molecule has 1 saturated carbocycles. The van der Waals surface area contributed by atoms with E-state index in [1.165, 1.54) is 27.7 Å². The van der Waals surface area contributed by atoms with Crippen molar-refractivity contribution in [1.82, 2.24) is 4.57 Å². The molecule has 0 atom stereocenters. The lowest BCUT2D eigenvalue weighted by molar-refractivity contribution is -0.137. The fraction of sp³-hybridized carbons (Fsp3) is 0.348. The molecular weight excluding hydrogens is 418 g/mol.